The highest BCUT2D eigenvalue weighted by atomic mass is 35.5. The first-order valence-corrected chi connectivity index (χ1v) is 11.0. The zero-order valence-corrected chi connectivity index (χ0v) is 19.7. The fraction of sp³-hybridized carbons (Fsp3) is 0.524. The lowest BCUT2D eigenvalue weighted by molar-refractivity contribution is -0.123. The molecule has 0 radical (unpaired) electrons. The molecule has 174 valence electrons. The Hall–Kier alpha value is -2.36. The quantitative estimate of drug-likeness (QED) is 0.674. The molecule has 11 heteroatoms. The minimum Gasteiger partial charge on any atom is -0.465 e. The number of nitrogens with one attached hydrogen (secondary N) is 1. The Balaban J connectivity index is 1.88. The van der Waals surface area contributed by atoms with Crippen LogP contribution in [0.15, 0.2) is 30.9 Å². The SMILES string of the molecule is CC(C)(C)[C@@H]1CN(C(=O)O)C[C@H](c2ccc(Cl)c(Cl)c2)[C@@H](CNC(=O)Cn2cncn2)O1. The molecule has 1 fully saturated rings. The van der Waals surface area contributed by atoms with E-state index in [0.29, 0.717) is 10.0 Å². The van der Waals surface area contributed by atoms with E-state index >= 15 is 0 Å². The first-order chi connectivity index (χ1) is 15.0. The molecule has 0 spiro atoms. The summed E-state index contributed by atoms with van der Waals surface area (Å²) in [6.45, 7) is 6.63. The summed E-state index contributed by atoms with van der Waals surface area (Å²) in [5, 5.41) is 17.4. The van der Waals surface area contributed by atoms with Crippen molar-refractivity contribution in [2.45, 2.75) is 45.4 Å². The topological polar surface area (TPSA) is 110 Å². The van der Waals surface area contributed by atoms with Crippen molar-refractivity contribution < 1.29 is 19.4 Å². The van der Waals surface area contributed by atoms with Crippen LogP contribution in [0.25, 0.3) is 0 Å². The minimum absolute atomic E-state index is 0.0219. The molecule has 2 N–H and O–H groups in total. The van der Waals surface area contributed by atoms with E-state index < -0.39 is 12.2 Å². The molecule has 3 atom stereocenters. The van der Waals surface area contributed by atoms with Crippen LogP contribution in [0.3, 0.4) is 0 Å². The average molecular weight is 484 g/mol. The van der Waals surface area contributed by atoms with E-state index in [1.165, 1.54) is 22.2 Å². The molecule has 2 heterocycles. The normalized spacial score (nSPS) is 21.8. The molecule has 1 aliphatic rings. The number of hydrogen-bond donors (Lipinski definition) is 2. The molecular formula is C21H27Cl2N5O4. The van der Waals surface area contributed by atoms with Crippen molar-refractivity contribution in [3.05, 3.63) is 46.5 Å². The minimum atomic E-state index is -1.02. The predicted octanol–water partition coefficient (Wildman–Crippen LogP) is 3.28. The molecule has 0 saturated carbocycles. The molecule has 9 nitrogen and oxygen atoms in total. The van der Waals surface area contributed by atoms with Crippen LogP contribution in [-0.2, 0) is 16.1 Å². The Bertz CT molecular complexity index is 948. The Kier molecular flexibility index (Phi) is 7.63. The second kappa shape index (κ2) is 10.1. The van der Waals surface area contributed by atoms with Gasteiger partial charge >= 0.3 is 6.09 Å². The molecule has 1 aromatic heterocycles. The van der Waals surface area contributed by atoms with Crippen LogP contribution in [0.4, 0.5) is 4.79 Å². The van der Waals surface area contributed by atoms with Gasteiger partial charge in [-0.25, -0.2) is 14.5 Å². The number of carboxylic acid groups (broad SMARTS) is 1. The van der Waals surface area contributed by atoms with Crippen LogP contribution in [0.5, 0.6) is 0 Å². The van der Waals surface area contributed by atoms with Gasteiger partial charge in [0.1, 0.15) is 19.2 Å². The summed E-state index contributed by atoms with van der Waals surface area (Å²) in [5.41, 5.74) is 0.471. The van der Waals surface area contributed by atoms with E-state index in [9.17, 15) is 14.7 Å². The highest BCUT2D eigenvalue weighted by Gasteiger charge is 2.39. The molecule has 1 aliphatic heterocycles. The summed E-state index contributed by atoms with van der Waals surface area (Å²) in [4.78, 5) is 29.6. The summed E-state index contributed by atoms with van der Waals surface area (Å²) in [6, 6.07) is 5.21. The van der Waals surface area contributed by atoms with E-state index in [0.717, 1.165) is 5.56 Å². The first-order valence-electron chi connectivity index (χ1n) is 10.2. The van der Waals surface area contributed by atoms with Crippen molar-refractivity contribution >= 4 is 35.2 Å². The summed E-state index contributed by atoms with van der Waals surface area (Å²) in [6.07, 6.45) is 0.935. The maximum atomic E-state index is 12.4. The molecular weight excluding hydrogens is 457 g/mol. The van der Waals surface area contributed by atoms with Gasteiger partial charge in [-0.3, -0.25) is 4.79 Å². The van der Waals surface area contributed by atoms with E-state index in [2.05, 4.69) is 15.4 Å². The van der Waals surface area contributed by atoms with Gasteiger partial charge in [0, 0.05) is 19.0 Å². The molecule has 32 heavy (non-hydrogen) atoms. The average Bonchev–Trinajstić information content (AvgIpc) is 3.12. The van der Waals surface area contributed by atoms with Crippen LogP contribution in [0, 0.1) is 5.41 Å². The Morgan fingerprint density at radius 2 is 2.00 bits per heavy atom. The number of halogens is 2. The van der Waals surface area contributed by atoms with Crippen molar-refractivity contribution in [2.24, 2.45) is 5.41 Å². The number of amides is 2. The van der Waals surface area contributed by atoms with Gasteiger partial charge in [-0.15, -0.1) is 0 Å². The van der Waals surface area contributed by atoms with Gasteiger partial charge < -0.3 is 20.1 Å². The lowest BCUT2D eigenvalue weighted by Crippen LogP contribution is -2.43. The number of carbonyl (C=O) groups excluding carboxylic acids is 1. The van der Waals surface area contributed by atoms with Gasteiger partial charge in [0.05, 0.1) is 28.8 Å². The number of nitrogens with zero attached hydrogens (tertiary/aromatic N) is 4. The standard InChI is InChI=1S/C21H27Cl2N5O4/c1-21(2,3)18-9-27(20(30)31)8-14(13-4-5-15(22)16(23)6-13)17(32-18)7-25-19(29)10-28-12-24-11-26-28/h4-6,11-12,14,17-18H,7-10H2,1-3H3,(H,25,29)(H,30,31)/t14-,17-,18+/m1/s1. The van der Waals surface area contributed by atoms with Gasteiger partial charge in [-0.1, -0.05) is 50.0 Å². The maximum Gasteiger partial charge on any atom is 0.407 e. The monoisotopic (exact) mass is 483 g/mol. The van der Waals surface area contributed by atoms with Crippen molar-refractivity contribution in [1.29, 1.82) is 0 Å². The third-order valence-corrected chi connectivity index (χ3v) is 6.21. The van der Waals surface area contributed by atoms with Crippen LogP contribution in [0.2, 0.25) is 10.0 Å². The fourth-order valence-corrected chi connectivity index (χ4v) is 3.90. The third kappa shape index (κ3) is 6.11. The summed E-state index contributed by atoms with van der Waals surface area (Å²) < 4.78 is 7.87. The Morgan fingerprint density at radius 3 is 2.59 bits per heavy atom. The van der Waals surface area contributed by atoms with E-state index in [-0.39, 0.29) is 49.5 Å². The highest BCUT2D eigenvalue weighted by Crippen LogP contribution is 2.35. The van der Waals surface area contributed by atoms with Gasteiger partial charge in [-0.05, 0) is 23.1 Å². The van der Waals surface area contributed by atoms with Crippen molar-refractivity contribution in [3.63, 3.8) is 0 Å². The van der Waals surface area contributed by atoms with Crippen LogP contribution in [0.1, 0.15) is 32.3 Å². The number of benzene rings is 1. The summed E-state index contributed by atoms with van der Waals surface area (Å²) >= 11 is 12.3. The first kappa shape index (κ1) is 24.3. The fourth-order valence-electron chi connectivity index (χ4n) is 3.60. The number of ether oxygens (including phenoxy) is 1. The Morgan fingerprint density at radius 1 is 1.25 bits per heavy atom. The smallest absolute Gasteiger partial charge is 0.407 e. The van der Waals surface area contributed by atoms with Crippen LogP contribution < -0.4 is 5.32 Å². The number of rotatable bonds is 5. The van der Waals surface area contributed by atoms with Crippen LogP contribution in [-0.4, -0.2) is 68.6 Å². The summed E-state index contributed by atoms with van der Waals surface area (Å²) in [7, 11) is 0. The zero-order chi connectivity index (χ0) is 23.5. The number of carbonyl (C=O) groups is 2. The Labute approximate surface area is 196 Å². The third-order valence-electron chi connectivity index (χ3n) is 5.47. The second-order valence-electron chi connectivity index (χ2n) is 8.89. The van der Waals surface area contributed by atoms with Crippen molar-refractivity contribution in [2.75, 3.05) is 19.6 Å². The predicted molar refractivity (Wildman–Crippen MR) is 120 cm³/mol. The van der Waals surface area contributed by atoms with Gasteiger partial charge in [-0.2, -0.15) is 5.10 Å². The molecule has 3 rings (SSSR count). The summed E-state index contributed by atoms with van der Waals surface area (Å²) in [5.74, 6) is -0.612. The van der Waals surface area contributed by atoms with E-state index in [1.807, 2.05) is 26.8 Å². The van der Waals surface area contributed by atoms with Crippen LogP contribution >= 0.6 is 23.2 Å². The zero-order valence-electron chi connectivity index (χ0n) is 18.2. The molecule has 0 unspecified atom stereocenters. The molecule has 2 amide bonds. The maximum absolute atomic E-state index is 12.4. The number of hydrogen-bond acceptors (Lipinski definition) is 5. The largest absolute Gasteiger partial charge is 0.465 e. The van der Waals surface area contributed by atoms with Gasteiger partial charge in [0.2, 0.25) is 5.91 Å². The lowest BCUT2D eigenvalue weighted by atomic mass is 9.88. The molecule has 2 aromatic rings. The van der Waals surface area contributed by atoms with Crippen molar-refractivity contribution in [3.8, 4) is 0 Å². The molecule has 1 saturated heterocycles. The van der Waals surface area contributed by atoms with E-state index in [4.69, 9.17) is 27.9 Å². The molecule has 0 aliphatic carbocycles. The van der Waals surface area contributed by atoms with Gasteiger partial charge in [0.25, 0.3) is 0 Å². The molecule has 0 bridgehead atoms. The van der Waals surface area contributed by atoms with E-state index in [1.54, 1.807) is 12.1 Å². The van der Waals surface area contributed by atoms with Gasteiger partial charge in [0.15, 0.2) is 0 Å². The second-order valence-corrected chi connectivity index (χ2v) is 9.71. The molecule has 1 aromatic carbocycles. The number of aromatic nitrogens is 3. The lowest BCUT2D eigenvalue weighted by Gasteiger charge is -2.34. The van der Waals surface area contributed by atoms with Crippen molar-refractivity contribution in [1.82, 2.24) is 25.0 Å². The highest BCUT2D eigenvalue weighted by molar-refractivity contribution is 6.42.